The number of aryl methyl sites for hydroxylation is 1. The first-order chi connectivity index (χ1) is 9.82. The Kier molecular flexibility index (Phi) is 4.13. The van der Waals surface area contributed by atoms with Crippen LogP contribution in [-0.2, 0) is 4.79 Å². The SMILES string of the molecule is Cc1ccc([N+](=O)[O-])c(OC2CCCC(N)(C(N)=O)C2)c1. The van der Waals surface area contributed by atoms with Crippen LogP contribution in [0.4, 0.5) is 5.69 Å². The third-order valence-corrected chi connectivity index (χ3v) is 3.84. The van der Waals surface area contributed by atoms with E-state index in [1.54, 1.807) is 12.1 Å². The number of nitro groups is 1. The highest BCUT2D eigenvalue weighted by molar-refractivity contribution is 5.84. The average molecular weight is 293 g/mol. The molecule has 4 N–H and O–H groups in total. The monoisotopic (exact) mass is 293 g/mol. The molecule has 0 saturated heterocycles. The van der Waals surface area contributed by atoms with E-state index < -0.39 is 16.4 Å². The van der Waals surface area contributed by atoms with Gasteiger partial charge in [0.25, 0.3) is 0 Å². The Hall–Kier alpha value is -2.15. The van der Waals surface area contributed by atoms with Gasteiger partial charge in [-0.1, -0.05) is 6.07 Å². The van der Waals surface area contributed by atoms with Gasteiger partial charge >= 0.3 is 5.69 Å². The van der Waals surface area contributed by atoms with E-state index in [0.29, 0.717) is 19.3 Å². The molecule has 1 fully saturated rings. The molecule has 0 radical (unpaired) electrons. The fourth-order valence-corrected chi connectivity index (χ4v) is 2.63. The first-order valence-corrected chi connectivity index (χ1v) is 6.82. The van der Waals surface area contributed by atoms with Gasteiger partial charge < -0.3 is 16.2 Å². The van der Waals surface area contributed by atoms with E-state index in [0.717, 1.165) is 5.56 Å². The average Bonchev–Trinajstić information content (AvgIpc) is 2.38. The van der Waals surface area contributed by atoms with Gasteiger partial charge in [-0.2, -0.15) is 0 Å². The highest BCUT2D eigenvalue weighted by Gasteiger charge is 2.39. The summed E-state index contributed by atoms with van der Waals surface area (Å²) in [5, 5.41) is 11.0. The van der Waals surface area contributed by atoms with Crippen molar-refractivity contribution in [3.05, 3.63) is 33.9 Å². The lowest BCUT2D eigenvalue weighted by Crippen LogP contribution is -2.56. The number of nitrogens with two attached hydrogens (primary N) is 2. The predicted octanol–water partition coefficient (Wildman–Crippen LogP) is 1.41. The summed E-state index contributed by atoms with van der Waals surface area (Å²) in [5.74, 6) is -0.353. The van der Waals surface area contributed by atoms with Crippen LogP contribution in [0.25, 0.3) is 0 Å². The highest BCUT2D eigenvalue weighted by Crippen LogP contribution is 2.33. The number of amides is 1. The van der Waals surface area contributed by atoms with Crippen molar-refractivity contribution in [2.75, 3.05) is 0 Å². The van der Waals surface area contributed by atoms with E-state index in [2.05, 4.69) is 0 Å². The van der Waals surface area contributed by atoms with E-state index in [1.807, 2.05) is 6.92 Å². The van der Waals surface area contributed by atoms with Gasteiger partial charge in [0.1, 0.15) is 6.10 Å². The van der Waals surface area contributed by atoms with Crippen LogP contribution in [0.1, 0.15) is 31.2 Å². The van der Waals surface area contributed by atoms with E-state index in [9.17, 15) is 14.9 Å². The predicted molar refractivity (Wildman–Crippen MR) is 76.8 cm³/mol. The number of nitro benzene ring substituents is 1. The highest BCUT2D eigenvalue weighted by atomic mass is 16.6. The largest absolute Gasteiger partial charge is 0.483 e. The minimum atomic E-state index is -1.10. The molecule has 2 unspecified atom stereocenters. The molecule has 1 aliphatic rings. The van der Waals surface area contributed by atoms with Crippen LogP contribution in [-0.4, -0.2) is 22.5 Å². The molecule has 114 valence electrons. The lowest BCUT2D eigenvalue weighted by Gasteiger charge is -2.35. The lowest BCUT2D eigenvalue weighted by atomic mass is 9.80. The maximum absolute atomic E-state index is 11.4. The number of hydrogen-bond acceptors (Lipinski definition) is 5. The third-order valence-electron chi connectivity index (χ3n) is 3.84. The second kappa shape index (κ2) is 5.69. The molecule has 0 aromatic heterocycles. The molecule has 0 bridgehead atoms. The van der Waals surface area contributed by atoms with Gasteiger partial charge in [0.05, 0.1) is 10.5 Å². The Bertz CT molecular complexity index is 575. The molecule has 21 heavy (non-hydrogen) atoms. The Labute approximate surface area is 122 Å². The number of nitrogens with zero attached hydrogens (tertiary/aromatic N) is 1. The summed E-state index contributed by atoms with van der Waals surface area (Å²) in [5.41, 5.74) is 11.0. The van der Waals surface area contributed by atoms with Crippen molar-refractivity contribution < 1.29 is 14.5 Å². The molecule has 1 aromatic rings. The summed E-state index contributed by atoms with van der Waals surface area (Å²) in [4.78, 5) is 22.0. The minimum absolute atomic E-state index is 0.0899. The molecule has 0 aliphatic heterocycles. The summed E-state index contributed by atoms with van der Waals surface area (Å²) >= 11 is 0. The van der Waals surface area contributed by atoms with E-state index >= 15 is 0 Å². The van der Waals surface area contributed by atoms with Crippen LogP contribution in [0.3, 0.4) is 0 Å². The Morgan fingerprint density at radius 2 is 2.24 bits per heavy atom. The standard InChI is InChI=1S/C14H19N3O4/c1-9-4-5-11(17(19)20)12(7-9)21-10-3-2-6-14(16,8-10)13(15)18/h4-5,7,10H,2-3,6,8,16H2,1H3,(H2,15,18). The molecule has 7 nitrogen and oxygen atoms in total. The van der Waals surface area contributed by atoms with Gasteiger partial charge in [0.2, 0.25) is 5.91 Å². The van der Waals surface area contributed by atoms with Gasteiger partial charge in [-0.25, -0.2) is 0 Å². The molecule has 7 heteroatoms. The summed E-state index contributed by atoms with van der Waals surface area (Å²) in [6, 6.07) is 4.69. The second-order valence-corrected chi connectivity index (χ2v) is 5.58. The number of ether oxygens (including phenoxy) is 1. The number of primary amides is 1. The molecule has 1 aromatic carbocycles. The van der Waals surface area contributed by atoms with Crippen LogP contribution in [0, 0.1) is 17.0 Å². The van der Waals surface area contributed by atoms with Gasteiger partial charge in [0, 0.05) is 12.5 Å². The molecular formula is C14H19N3O4. The number of carbonyl (C=O) groups is 1. The lowest BCUT2D eigenvalue weighted by molar-refractivity contribution is -0.386. The summed E-state index contributed by atoms with van der Waals surface area (Å²) in [6.07, 6.45) is 1.82. The normalized spacial score (nSPS) is 25.3. The van der Waals surface area contributed by atoms with Crippen molar-refractivity contribution >= 4 is 11.6 Å². The molecule has 2 atom stereocenters. The van der Waals surface area contributed by atoms with E-state index in [4.69, 9.17) is 16.2 Å². The van der Waals surface area contributed by atoms with Gasteiger partial charge in [-0.3, -0.25) is 14.9 Å². The van der Waals surface area contributed by atoms with Crippen LogP contribution in [0.5, 0.6) is 5.75 Å². The van der Waals surface area contributed by atoms with Crippen molar-refractivity contribution in [2.45, 2.75) is 44.2 Å². The fourth-order valence-electron chi connectivity index (χ4n) is 2.63. The first kappa shape index (κ1) is 15.2. The van der Waals surface area contributed by atoms with Crippen molar-refractivity contribution in [3.63, 3.8) is 0 Å². The van der Waals surface area contributed by atoms with Crippen molar-refractivity contribution in [1.29, 1.82) is 0 Å². The summed E-state index contributed by atoms with van der Waals surface area (Å²) in [6.45, 7) is 1.83. The zero-order valence-electron chi connectivity index (χ0n) is 11.9. The quantitative estimate of drug-likeness (QED) is 0.642. The summed E-state index contributed by atoms with van der Waals surface area (Å²) in [7, 11) is 0. The second-order valence-electron chi connectivity index (χ2n) is 5.58. The Balaban J connectivity index is 2.20. The topological polar surface area (TPSA) is 121 Å². The van der Waals surface area contributed by atoms with Crippen LogP contribution in [0.2, 0.25) is 0 Å². The van der Waals surface area contributed by atoms with Gasteiger partial charge in [-0.05, 0) is 37.8 Å². The van der Waals surface area contributed by atoms with Crippen LogP contribution in [0.15, 0.2) is 18.2 Å². The number of hydrogen-bond donors (Lipinski definition) is 2. The smallest absolute Gasteiger partial charge is 0.310 e. The van der Waals surface area contributed by atoms with Gasteiger partial charge in [0.15, 0.2) is 5.75 Å². The molecule has 0 heterocycles. The first-order valence-electron chi connectivity index (χ1n) is 6.82. The Morgan fingerprint density at radius 1 is 1.52 bits per heavy atom. The van der Waals surface area contributed by atoms with Crippen molar-refractivity contribution in [1.82, 2.24) is 0 Å². The molecule has 2 rings (SSSR count). The number of benzene rings is 1. The minimum Gasteiger partial charge on any atom is -0.483 e. The number of carbonyl (C=O) groups excluding carboxylic acids is 1. The maximum atomic E-state index is 11.4. The Morgan fingerprint density at radius 3 is 2.86 bits per heavy atom. The molecule has 1 saturated carbocycles. The van der Waals surface area contributed by atoms with E-state index in [1.165, 1.54) is 6.07 Å². The maximum Gasteiger partial charge on any atom is 0.310 e. The van der Waals surface area contributed by atoms with Crippen molar-refractivity contribution in [3.8, 4) is 5.75 Å². The van der Waals surface area contributed by atoms with Crippen LogP contribution < -0.4 is 16.2 Å². The third kappa shape index (κ3) is 3.30. The molecule has 1 amide bonds. The number of rotatable bonds is 4. The van der Waals surface area contributed by atoms with Crippen molar-refractivity contribution in [2.24, 2.45) is 11.5 Å². The molecule has 1 aliphatic carbocycles. The molecule has 0 spiro atoms. The van der Waals surface area contributed by atoms with Gasteiger partial charge in [-0.15, -0.1) is 0 Å². The zero-order chi connectivity index (χ0) is 15.6. The summed E-state index contributed by atoms with van der Waals surface area (Å²) < 4.78 is 5.74. The van der Waals surface area contributed by atoms with Crippen LogP contribution >= 0.6 is 0 Å². The zero-order valence-corrected chi connectivity index (χ0v) is 11.9. The molecular weight excluding hydrogens is 274 g/mol. The fraction of sp³-hybridized carbons (Fsp3) is 0.500. The van der Waals surface area contributed by atoms with E-state index in [-0.39, 0.29) is 24.0 Å².